The Morgan fingerprint density at radius 3 is 2.66 bits per heavy atom. The summed E-state index contributed by atoms with van der Waals surface area (Å²) in [6, 6.07) is 9.08. The molecule has 212 valence electrons. The molecule has 3 aliphatic carbocycles. The molecular formula is C32H35FN6O2. The Bertz CT molecular complexity index is 1810. The Hall–Kier alpha value is -3.72. The third-order valence-electron chi connectivity index (χ3n) is 10.5. The van der Waals surface area contributed by atoms with Crippen molar-refractivity contribution in [3.63, 3.8) is 0 Å². The fourth-order valence-electron chi connectivity index (χ4n) is 7.63. The van der Waals surface area contributed by atoms with Crippen LogP contribution in [0.15, 0.2) is 30.3 Å². The van der Waals surface area contributed by atoms with E-state index in [0.717, 1.165) is 72.9 Å². The Morgan fingerprint density at radius 2 is 1.95 bits per heavy atom. The van der Waals surface area contributed by atoms with Crippen LogP contribution in [0.1, 0.15) is 68.3 Å². The lowest BCUT2D eigenvalue weighted by Crippen LogP contribution is -2.63. The Morgan fingerprint density at radius 1 is 1.15 bits per heavy atom. The highest BCUT2D eigenvalue weighted by Gasteiger charge is 2.53. The maximum absolute atomic E-state index is 15.6. The van der Waals surface area contributed by atoms with Crippen LogP contribution < -0.4 is 16.4 Å². The first kappa shape index (κ1) is 25.0. The van der Waals surface area contributed by atoms with E-state index in [-0.39, 0.29) is 29.0 Å². The summed E-state index contributed by atoms with van der Waals surface area (Å²) < 4.78 is 19.7. The summed E-state index contributed by atoms with van der Waals surface area (Å²) in [6.07, 6.45) is 6.24. The summed E-state index contributed by atoms with van der Waals surface area (Å²) in [6.45, 7) is 4.69. The maximum Gasteiger partial charge on any atom is 0.251 e. The number of carbonyl (C=O) groups is 2. The predicted molar refractivity (Wildman–Crippen MR) is 156 cm³/mol. The number of nitrogens with zero attached hydrogens (tertiary/aromatic N) is 3. The lowest BCUT2D eigenvalue weighted by molar-refractivity contribution is -0.119. The third-order valence-corrected chi connectivity index (χ3v) is 10.5. The predicted octanol–water partition coefficient (Wildman–Crippen LogP) is 4.97. The SMILES string of the molecule is Cn1c(-c2cc3ccc4c(c3n2CC2CC2)NC(=O)C4(C)C)nc2cc(C(=O)N[C@@H]3CC[C@@H]4CC[C@]43N)cc(F)c21. The topological polar surface area (TPSA) is 107 Å². The number of anilines is 1. The normalized spacial score (nSPS) is 26.2. The highest BCUT2D eigenvalue weighted by molar-refractivity contribution is 6.13. The largest absolute Gasteiger partial charge is 0.347 e. The van der Waals surface area contributed by atoms with Crippen molar-refractivity contribution in [2.75, 3.05) is 5.32 Å². The standard InChI is InChI=1S/C32H35FN6O2/c1-31(2)20-8-6-17-14-23(39(15-16-4-5-16)26(17)25(20)37-30(31)41)28-35-22-13-18(12-21(33)27(22)38(28)3)29(40)36-24-9-7-19-10-11-32(19,24)34/h6,8,12-14,16,19,24H,4-5,7,9-11,15,34H2,1-3H3,(H,36,40)(H,37,41)/t19-,24-,32+/m1/s1. The van der Waals surface area contributed by atoms with Crippen molar-refractivity contribution in [2.45, 2.75) is 75.9 Å². The van der Waals surface area contributed by atoms with E-state index in [1.54, 1.807) is 10.6 Å². The van der Waals surface area contributed by atoms with Gasteiger partial charge in [0.25, 0.3) is 5.91 Å². The average Bonchev–Trinajstić information content (AvgIpc) is 3.44. The molecule has 0 saturated heterocycles. The van der Waals surface area contributed by atoms with E-state index in [0.29, 0.717) is 28.7 Å². The monoisotopic (exact) mass is 554 g/mol. The van der Waals surface area contributed by atoms with E-state index in [1.807, 2.05) is 27.0 Å². The van der Waals surface area contributed by atoms with E-state index in [1.165, 1.54) is 6.07 Å². The molecule has 3 heterocycles. The molecule has 9 heteroatoms. The maximum atomic E-state index is 15.6. The van der Waals surface area contributed by atoms with Crippen molar-refractivity contribution < 1.29 is 14.0 Å². The molecule has 1 aliphatic heterocycles. The van der Waals surface area contributed by atoms with Crippen molar-refractivity contribution in [1.29, 1.82) is 0 Å². The number of nitrogens with two attached hydrogens (primary N) is 1. The molecule has 2 amide bonds. The number of halogens is 1. The van der Waals surface area contributed by atoms with Crippen LogP contribution in [-0.2, 0) is 23.8 Å². The van der Waals surface area contributed by atoms with Crippen LogP contribution in [0.5, 0.6) is 0 Å². The molecule has 8 rings (SSSR count). The van der Waals surface area contributed by atoms with Crippen molar-refractivity contribution in [3.05, 3.63) is 47.3 Å². The van der Waals surface area contributed by atoms with E-state index < -0.39 is 11.2 Å². The zero-order valence-corrected chi connectivity index (χ0v) is 23.7. The molecule has 41 heavy (non-hydrogen) atoms. The van der Waals surface area contributed by atoms with Gasteiger partial charge in [0, 0.05) is 36.1 Å². The molecule has 3 saturated carbocycles. The van der Waals surface area contributed by atoms with Gasteiger partial charge in [0.1, 0.15) is 11.3 Å². The van der Waals surface area contributed by atoms with Crippen LogP contribution in [0.25, 0.3) is 33.5 Å². The van der Waals surface area contributed by atoms with Crippen molar-refractivity contribution in [1.82, 2.24) is 19.4 Å². The summed E-state index contributed by atoms with van der Waals surface area (Å²) in [5.74, 6) is 0.847. The fraction of sp³-hybridized carbons (Fsp3) is 0.469. The number of imidazole rings is 1. The smallest absolute Gasteiger partial charge is 0.251 e. The number of aromatic nitrogens is 3. The number of benzene rings is 2. The Balaban J connectivity index is 1.22. The minimum absolute atomic E-state index is 0.0117. The minimum Gasteiger partial charge on any atom is -0.347 e. The lowest BCUT2D eigenvalue weighted by atomic mass is 9.68. The van der Waals surface area contributed by atoms with Crippen LogP contribution in [0.3, 0.4) is 0 Å². The van der Waals surface area contributed by atoms with Gasteiger partial charge < -0.3 is 25.5 Å². The first-order valence-corrected chi connectivity index (χ1v) is 14.8. The van der Waals surface area contributed by atoms with Crippen molar-refractivity contribution >= 4 is 39.4 Å². The molecule has 0 bridgehead atoms. The number of nitrogens with one attached hydrogen (secondary N) is 2. The summed E-state index contributed by atoms with van der Waals surface area (Å²) >= 11 is 0. The van der Waals surface area contributed by atoms with Crippen molar-refractivity contribution in [2.24, 2.45) is 24.6 Å². The van der Waals surface area contributed by atoms with Crippen molar-refractivity contribution in [3.8, 4) is 11.5 Å². The molecule has 4 N–H and O–H groups in total. The number of rotatable bonds is 5. The van der Waals surface area contributed by atoms with Gasteiger partial charge in [-0.3, -0.25) is 9.59 Å². The van der Waals surface area contributed by atoms with Gasteiger partial charge in [-0.05, 0) is 88.0 Å². The van der Waals surface area contributed by atoms with Crippen LogP contribution in [0.4, 0.5) is 10.1 Å². The van der Waals surface area contributed by atoms with Gasteiger partial charge in [-0.15, -0.1) is 0 Å². The van der Waals surface area contributed by atoms with Gasteiger partial charge in [-0.2, -0.15) is 0 Å². The molecule has 0 unspecified atom stereocenters. The molecule has 8 nitrogen and oxygen atoms in total. The molecule has 3 fully saturated rings. The van der Waals surface area contributed by atoms with Crippen LogP contribution >= 0.6 is 0 Å². The molecule has 4 aliphatic rings. The zero-order valence-electron chi connectivity index (χ0n) is 23.7. The van der Waals surface area contributed by atoms with Crippen LogP contribution in [0.2, 0.25) is 0 Å². The minimum atomic E-state index is -0.613. The number of hydrogen-bond acceptors (Lipinski definition) is 4. The summed E-state index contributed by atoms with van der Waals surface area (Å²) in [7, 11) is 1.81. The van der Waals surface area contributed by atoms with Crippen LogP contribution in [0, 0.1) is 17.7 Å². The number of carbonyl (C=O) groups excluding carboxylic acids is 2. The first-order chi connectivity index (χ1) is 19.6. The second-order valence-electron chi connectivity index (χ2n) is 13.4. The highest BCUT2D eigenvalue weighted by Crippen LogP contribution is 2.49. The Labute approximate surface area is 237 Å². The van der Waals surface area contributed by atoms with Gasteiger partial charge >= 0.3 is 0 Å². The van der Waals surface area contributed by atoms with Gasteiger partial charge in [0.05, 0.1) is 27.8 Å². The molecule has 2 aromatic carbocycles. The third kappa shape index (κ3) is 3.44. The summed E-state index contributed by atoms with van der Waals surface area (Å²) in [4.78, 5) is 31.0. The number of hydrogen-bond donors (Lipinski definition) is 3. The summed E-state index contributed by atoms with van der Waals surface area (Å²) in [5.41, 5.74) is 10.4. The van der Waals surface area contributed by atoms with Crippen LogP contribution in [-0.4, -0.2) is 37.5 Å². The Kier molecular flexibility index (Phi) is 5.00. The number of aryl methyl sites for hydroxylation is 1. The molecule has 0 spiro atoms. The van der Waals surface area contributed by atoms with E-state index in [2.05, 4.69) is 27.3 Å². The van der Waals surface area contributed by atoms with Gasteiger partial charge in [0.15, 0.2) is 5.82 Å². The molecule has 2 aromatic heterocycles. The van der Waals surface area contributed by atoms with E-state index in [4.69, 9.17) is 10.7 Å². The molecule has 0 radical (unpaired) electrons. The van der Waals surface area contributed by atoms with Gasteiger partial charge in [0.2, 0.25) is 5.91 Å². The fourth-order valence-corrected chi connectivity index (χ4v) is 7.63. The number of fused-ring (bicyclic) bond motifs is 5. The molecule has 4 aromatic rings. The zero-order chi connectivity index (χ0) is 28.4. The molecule has 3 atom stereocenters. The first-order valence-electron chi connectivity index (χ1n) is 14.8. The second-order valence-corrected chi connectivity index (χ2v) is 13.4. The van der Waals surface area contributed by atoms with E-state index in [9.17, 15) is 9.59 Å². The van der Waals surface area contributed by atoms with E-state index >= 15 is 4.39 Å². The lowest BCUT2D eigenvalue weighted by Gasteiger charge is -2.45. The average molecular weight is 555 g/mol. The summed E-state index contributed by atoms with van der Waals surface area (Å²) in [5, 5.41) is 7.25. The number of amides is 2. The quantitative estimate of drug-likeness (QED) is 0.324. The molecular weight excluding hydrogens is 519 g/mol. The van der Waals surface area contributed by atoms with Gasteiger partial charge in [-0.25, -0.2) is 9.37 Å². The second kappa shape index (κ2) is 8.18. The van der Waals surface area contributed by atoms with Gasteiger partial charge in [-0.1, -0.05) is 12.1 Å². The highest BCUT2D eigenvalue weighted by atomic mass is 19.1.